The zero-order chi connectivity index (χ0) is 99.8. The first-order valence-electron chi connectivity index (χ1n) is 44.5. The number of amides is 17. The van der Waals surface area contributed by atoms with Crippen LogP contribution in [0.25, 0.3) is 44.3 Å². The molecule has 3 heterocycles. The number of hydrogen-bond donors (Lipinski definition) is 22. The molecule has 3 aromatic carbocycles. The van der Waals surface area contributed by atoms with E-state index in [1.165, 1.54) is 75.5 Å². The lowest BCUT2D eigenvalue weighted by molar-refractivity contribution is -0.143. The van der Waals surface area contributed by atoms with Crippen LogP contribution in [-0.4, -0.2) is 248 Å². The number of H-pyrrole nitrogens is 1. The third-order valence-electron chi connectivity index (χ3n) is 22.4. The fourth-order valence-corrected chi connectivity index (χ4v) is 15.3. The fourth-order valence-electron chi connectivity index (χ4n) is 15.3. The highest BCUT2D eigenvalue weighted by Gasteiger charge is 2.41. The number of aromatic amines is 1. The number of aromatic nitrogens is 1. The number of carbonyl (C=O) groups is 19. The van der Waals surface area contributed by atoms with Crippen molar-refractivity contribution in [1.82, 2.24) is 79.0 Å². The van der Waals surface area contributed by atoms with E-state index in [2.05, 4.69) is 74.1 Å². The third kappa shape index (κ3) is 32.5. The van der Waals surface area contributed by atoms with Gasteiger partial charge in [-0.15, -0.1) is 0 Å². The monoisotopic (exact) mass is 1880 g/mol. The number of carboxylic acid groups (broad SMARTS) is 2. The van der Waals surface area contributed by atoms with Crippen LogP contribution < -0.4 is 97.5 Å². The van der Waals surface area contributed by atoms with E-state index in [9.17, 15) is 102 Å². The summed E-state index contributed by atoms with van der Waals surface area (Å²) in [4.78, 5) is 286. The normalized spacial score (nSPS) is 22.3. The molecule has 0 bridgehead atoms. The number of nitrogens with zero attached hydrogens (tertiary/aromatic N) is 1. The van der Waals surface area contributed by atoms with Crippen molar-refractivity contribution < 1.29 is 116 Å². The number of rotatable bonds is 27. The molecule has 17 amide bonds. The lowest BCUT2D eigenvalue weighted by atomic mass is 9.90. The van der Waals surface area contributed by atoms with E-state index < -0.39 is 266 Å². The van der Waals surface area contributed by atoms with Crippen molar-refractivity contribution >= 4 is 134 Å². The van der Waals surface area contributed by atoms with Gasteiger partial charge in [0, 0.05) is 70.8 Å². The number of hydrogen-bond acceptors (Lipinski definition) is 24. The molecule has 44 heteroatoms. The second-order valence-corrected chi connectivity index (χ2v) is 34.6. The van der Waals surface area contributed by atoms with Gasteiger partial charge in [-0.3, -0.25) is 95.9 Å². The van der Waals surface area contributed by atoms with Gasteiger partial charge in [0.25, 0.3) is 5.91 Å². The largest absolute Gasteiger partial charge is 0.508 e. The predicted molar refractivity (Wildman–Crippen MR) is 488 cm³/mol. The Labute approximate surface area is 776 Å². The summed E-state index contributed by atoms with van der Waals surface area (Å²) in [7, 11) is 0. The van der Waals surface area contributed by atoms with Crippen LogP contribution in [0.15, 0.2) is 100 Å². The highest BCUT2D eigenvalue weighted by Crippen LogP contribution is 2.42. The molecule has 44 nitrogen and oxygen atoms in total. The molecule has 7 rings (SSSR count). The Morgan fingerprint density at radius 2 is 1.02 bits per heavy atom. The maximum atomic E-state index is 15.2. The third-order valence-corrected chi connectivity index (χ3v) is 22.4. The van der Waals surface area contributed by atoms with Crippen molar-refractivity contribution in [1.29, 1.82) is 0 Å². The first kappa shape index (κ1) is 108. The molecular weight excluding hydrogens is 1760 g/mol. The zero-order valence-corrected chi connectivity index (χ0v) is 76.4. The van der Waals surface area contributed by atoms with Gasteiger partial charge in [-0.2, -0.15) is 0 Å². The molecular formula is C91H123N19O25. The van der Waals surface area contributed by atoms with Crippen LogP contribution in [0.1, 0.15) is 168 Å². The van der Waals surface area contributed by atoms with Gasteiger partial charge in [-0.25, -0.2) is 0 Å². The van der Waals surface area contributed by atoms with Crippen LogP contribution in [0.3, 0.4) is 0 Å². The number of unbranched alkanes of at least 4 members (excludes halogenated alkanes) is 1. The number of primary amides is 3. The molecule has 26 N–H and O–H groups in total. The molecule has 135 heavy (non-hydrogen) atoms. The van der Waals surface area contributed by atoms with E-state index in [1.807, 2.05) is 0 Å². The molecule has 0 saturated carbocycles. The number of para-hydroxylation sites is 1. The number of nitrogens with two attached hydrogens (primary N) is 4. The summed E-state index contributed by atoms with van der Waals surface area (Å²) in [5.41, 5.74) is 24.2. The number of nitrogens with one attached hydrogen (secondary N) is 14. The molecule has 1 aromatic heterocycles. The predicted octanol–water partition coefficient (Wildman–Crippen LogP) is -1.56. The summed E-state index contributed by atoms with van der Waals surface area (Å²) in [6.07, 6.45) is -3.54. The van der Waals surface area contributed by atoms with Crippen molar-refractivity contribution in [2.45, 2.75) is 231 Å². The average Bonchev–Trinajstić information content (AvgIpc) is 1.02. The van der Waals surface area contributed by atoms with Gasteiger partial charge in [-0.1, -0.05) is 111 Å². The fraction of sp³-hybridized carbons (Fsp3) is 0.495. The number of aliphatic hydroxyl groups excluding tert-OH is 1. The molecule has 4 aromatic rings. The standard InChI is InChI=1S/C91H123N19O25/c1-9-48(8)78-90(133)106-65(40-74(118)119)87(130)104-62(37-70(93)114)85(128)101-60(33-46(4)5)83(126)105-66(41-75(120)121)88(131)108-77(47(6)7)91(134)110(43-72(95)116)31-19-11-10-18-30-96-80(123)64(100-79(122)54-22-13-12-21-53(54)76-55-27-25-50(112)35-68(55)135-69-36-51(113)26-28-56(69)76)39-73(117)98-61(34-49-42-97-57-23-15-14-20-52(49)57)84(127)103-63(38-71(94)115)86(129)107-67(44-111)89(132)102-59(32-45(2)3)82(125)99-58(81(124)109-78)24-16-17-29-92/h12-15,20-23,25-28,35-36,42,45-48,58-67,77-78,97,111-112H,9-11,16-19,24,29-34,37-41,43-44,92H2,1-8H3,(H2,93,114)(H2,94,115)(H2,95,116)(H,96,123)(H,98,117)(H,99,125)(H,100,122)(H,101,128)(H,102,132)(H,103,127)(H,104,130)(H,105,126)(H,106,133)(H,107,129)(H,108,131)(H,109,124)(H,118,119)(H,120,121)/t48-,58-,59-,60-,61-,62-,63-,64?,65-,66-,67-,77-,78-/m0/s1. The van der Waals surface area contributed by atoms with E-state index in [1.54, 1.807) is 71.0 Å². The SMILES string of the molecule is CC[C@H](C)[C@@H]1NC(=O)[C@H](CCCCN)NC(=O)[C@H](CC(C)C)NC(=O)[C@H](CO)NC(=O)[C@H](CC(N)=O)NC(=O)[C@H](Cc2c[nH]c3ccccc23)NC(=O)CC(NC(=O)c2ccccc2-c2c3ccc(=O)cc-3oc3cc(O)ccc23)C(=O)NCCCCCCN(CC(N)=O)C(=O)[C@H](C(C)C)NC(=O)[C@H](CC(=O)O)NC(=O)[C@H](CC(C)C)NC(=O)[C@H](CC(N)=O)NC(=O)[C@H](CC(=O)O)NC1=O. The molecule has 1 fully saturated rings. The number of carbonyl (C=O) groups excluding carboxylic acids is 17. The van der Waals surface area contributed by atoms with Gasteiger partial charge in [0.05, 0.1) is 45.3 Å². The van der Waals surface area contributed by atoms with Gasteiger partial charge in [-0.05, 0) is 123 Å². The van der Waals surface area contributed by atoms with E-state index in [0.29, 0.717) is 33.0 Å². The van der Waals surface area contributed by atoms with E-state index in [-0.39, 0.29) is 112 Å². The lowest BCUT2D eigenvalue weighted by Gasteiger charge is -2.31. The highest BCUT2D eigenvalue weighted by atomic mass is 16.4. The summed E-state index contributed by atoms with van der Waals surface area (Å²) < 4.78 is 6.08. The smallest absolute Gasteiger partial charge is 0.305 e. The second kappa shape index (κ2) is 51.5. The molecule has 3 aliphatic rings. The summed E-state index contributed by atoms with van der Waals surface area (Å²) in [6.45, 7) is 10.4. The van der Waals surface area contributed by atoms with Crippen molar-refractivity contribution in [2.24, 2.45) is 46.6 Å². The minimum atomic E-state index is -2.13. The van der Waals surface area contributed by atoms with Crippen LogP contribution in [0.4, 0.5) is 0 Å². The van der Waals surface area contributed by atoms with Crippen LogP contribution in [-0.2, 0) is 92.7 Å². The number of carboxylic acids is 2. The van der Waals surface area contributed by atoms with Crippen molar-refractivity contribution in [3.63, 3.8) is 0 Å². The van der Waals surface area contributed by atoms with Crippen molar-refractivity contribution in [3.8, 4) is 28.2 Å². The molecule has 0 spiro atoms. The molecule has 1 aliphatic carbocycles. The number of fused-ring (bicyclic) bond motifs is 3. The summed E-state index contributed by atoms with van der Waals surface area (Å²) in [5, 5.41) is 74.5. The van der Waals surface area contributed by atoms with Crippen LogP contribution in [0, 0.1) is 23.7 Å². The van der Waals surface area contributed by atoms with Crippen LogP contribution in [0.5, 0.6) is 5.75 Å². The second-order valence-electron chi connectivity index (χ2n) is 34.6. The minimum Gasteiger partial charge on any atom is -0.508 e. The lowest BCUT2D eigenvalue weighted by Crippen LogP contribution is -2.62. The number of aliphatic carboxylic acids is 2. The highest BCUT2D eigenvalue weighted by molar-refractivity contribution is 6.11. The molecule has 2 aliphatic heterocycles. The Bertz CT molecular complexity index is 5340. The first-order valence-corrected chi connectivity index (χ1v) is 44.5. The number of benzene rings is 4. The molecule has 13 atom stereocenters. The van der Waals surface area contributed by atoms with Crippen molar-refractivity contribution in [2.75, 3.05) is 32.8 Å². The van der Waals surface area contributed by atoms with E-state index in [0.717, 1.165) is 4.90 Å². The zero-order valence-electron chi connectivity index (χ0n) is 76.4. The molecule has 732 valence electrons. The van der Waals surface area contributed by atoms with Gasteiger partial charge in [0.1, 0.15) is 89.6 Å². The Kier molecular flexibility index (Phi) is 41.1. The molecule has 1 saturated heterocycles. The van der Waals surface area contributed by atoms with Crippen molar-refractivity contribution in [3.05, 3.63) is 112 Å². The Morgan fingerprint density at radius 1 is 0.511 bits per heavy atom. The number of phenolic OH excluding ortho intramolecular Hbond substituents is 1. The summed E-state index contributed by atoms with van der Waals surface area (Å²) in [5.74, 6) is -25.7. The van der Waals surface area contributed by atoms with Gasteiger partial charge >= 0.3 is 11.9 Å². The molecule has 0 radical (unpaired) electrons. The maximum Gasteiger partial charge on any atom is 0.305 e. The Hall–Kier alpha value is -14.5. The number of phenols is 1. The van der Waals surface area contributed by atoms with Gasteiger partial charge < -0.3 is 127 Å². The average molecular weight is 1880 g/mol. The van der Waals surface area contributed by atoms with Gasteiger partial charge in [0.2, 0.25) is 94.5 Å². The quantitative estimate of drug-likeness (QED) is 0.0205. The summed E-state index contributed by atoms with van der Waals surface area (Å²) >= 11 is 0. The van der Waals surface area contributed by atoms with Crippen LogP contribution in [0.2, 0.25) is 0 Å². The molecule has 1 unspecified atom stereocenters. The minimum absolute atomic E-state index is 0.0704. The first-order chi connectivity index (χ1) is 63.9. The number of aromatic hydroxyl groups is 1. The van der Waals surface area contributed by atoms with E-state index >= 15 is 14.4 Å². The summed E-state index contributed by atoms with van der Waals surface area (Å²) in [6, 6.07) is -0.913. The van der Waals surface area contributed by atoms with E-state index in [4.69, 9.17) is 27.4 Å². The Morgan fingerprint density at radius 3 is 1.59 bits per heavy atom. The maximum absolute atomic E-state index is 15.2. The topological polar surface area (TPSA) is 715 Å². The Balaban J connectivity index is 1.29. The number of aliphatic hydroxyl groups is 1. The van der Waals surface area contributed by atoms with Crippen LogP contribution >= 0.6 is 0 Å². The van der Waals surface area contributed by atoms with Gasteiger partial charge in [0.15, 0.2) is 5.43 Å².